The molecule has 0 amide bonds. The van der Waals surface area contributed by atoms with Gasteiger partial charge < -0.3 is 70.8 Å². The lowest BCUT2D eigenvalue weighted by molar-refractivity contribution is 0.0585. The van der Waals surface area contributed by atoms with Crippen molar-refractivity contribution in [3.63, 3.8) is 0 Å². The van der Waals surface area contributed by atoms with Crippen molar-refractivity contribution in [2.45, 2.75) is 174 Å². The van der Waals surface area contributed by atoms with Crippen molar-refractivity contribution >= 4 is 105 Å². The van der Waals surface area contributed by atoms with Gasteiger partial charge in [-0.2, -0.15) is 15.1 Å². The van der Waals surface area contributed by atoms with E-state index >= 15 is 0 Å². The van der Waals surface area contributed by atoms with E-state index in [9.17, 15) is 44.7 Å². The molecule has 14 rings (SSSR count). The molecular weight excluding hydrogens is 1930 g/mol. The second-order valence-corrected chi connectivity index (χ2v) is 32.6. The third-order valence-electron chi connectivity index (χ3n) is 19.5. The van der Waals surface area contributed by atoms with Crippen LogP contribution in [0.2, 0.25) is 10.3 Å². The van der Waals surface area contributed by atoms with Crippen molar-refractivity contribution < 1.29 is 89.9 Å². The first-order valence-corrected chi connectivity index (χ1v) is 43.9. The van der Waals surface area contributed by atoms with Gasteiger partial charge in [-0.25, -0.2) is 49.1 Å². The van der Waals surface area contributed by atoms with Gasteiger partial charge in [-0.05, 0) is 342 Å². The van der Waals surface area contributed by atoms with Crippen molar-refractivity contribution in [1.82, 2.24) is 29.9 Å². The molecular formula is C100H117Br3Cl2N7O18P. The first-order valence-electron chi connectivity index (χ1n) is 41.4. The number of benzene rings is 6. The number of carbonyl (C=O) groups excluding carboxylic acids is 2. The molecule has 2 fully saturated rings. The number of esters is 2. The molecule has 0 saturated heterocycles. The van der Waals surface area contributed by atoms with E-state index in [1.54, 1.807) is 73.9 Å². The summed E-state index contributed by atoms with van der Waals surface area (Å²) in [6, 6.07) is 52.0. The standard InChI is InChI=1S/2C18H20O.C9H11BrO.C9H11NO2.C8H9BrO2.C8H9NO3.C7H6BrNO3.C7H8ClN.C7H7NO3.C6H6ClNO.C2H3N.CH4O.H3P/c2*1-3-13-11-15(10-12(2)18(13)19)17-7-5-4-6-16(17)14-8-9-14;1-3-7-5-8(10)4-6(2)9(7)11;1-6-4-5-8(9(11)12-3)10-7(6)2;1-5-2-7(9)3-6(4-10)8(5)11;1-5-7(10)4-3-6(9-5)8(11)12-2;1-3-6(10)4(7(11)12)2-5(8)9-3;1-5-3-4-7(8)9-6(5)2;1-4-6(9)3-2-5(8-4)7(10)11;1-4-5(9)2-3-6(7)8-4;1-2-3;1-2;/h2*4-7,10-11,14,19H,3,8-9H2,1-2H3;4-5,11H,3H2,1-2H3;4-5H,1-3H3;2-3,10-11H,4H2,1H3;3-4,10H,1-2H3;2,10H,1H3,(H,11,12);3-4H,1-2H3;2-3,9H,1H3,(H,10,11);2-3,9H,1H3;1H3;2H,1H3;1H3/i;;;;;;;;;;;;1D. The fourth-order valence-electron chi connectivity index (χ4n) is 11.8. The number of hydrogen-bond donors (Lipinski definition) is 12. The van der Waals surface area contributed by atoms with Gasteiger partial charge in [-0.15, -0.1) is 0 Å². The Bertz CT molecular complexity index is 5580. The number of aromatic carboxylic acids is 2. The monoisotopic (exact) mass is 2040 g/mol. The molecule has 1 unspecified atom stereocenters. The van der Waals surface area contributed by atoms with Gasteiger partial charge in [0.25, 0.3) is 0 Å². The molecule has 131 heavy (non-hydrogen) atoms. The van der Waals surface area contributed by atoms with Crippen LogP contribution in [0, 0.1) is 94.4 Å². The minimum atomic E-state index is -1.17. The largest absolute Gasteiger partial charge is 0.507 e. The summed E-state index contributed by atoms with van der Waals surface area (Å²) in [5, 5.41) is 116. The molecule has 2 saturated carbocycles. The molecule has 6 aromatic carbocycles. The average Bonchev–Trinajstić information content (AvgIpc) is 1.55. The lowest BCUT2D eigenvalue weighted by atomic mass is 9.93. The number of aromatic nitrogens is 6. The number of aliphatic hydroxyl groups excluding tert-OH is 2. The highest BCUT2D eigenvalue weighted by molar-refractivity contribution is 9.11. The van der Waals surface area contributed by atoms with Crippen LogP contribution in [-0.2, 0) is 35.3 Å². The van der Waals surface area contributed by atoms with Gasteiger partial charge in [0.15, 0.2) is 5.75 Å². The lowest BCUT2D eigenvalue weighted by Crippen LogP contribution is -2.05. The molecule has 12 aromatic rings. The van der Waals surface area contributed by atoms with Crippen LogP contribution in [0.4, 0.5) is 0 Å². The predicted molar refractivity (Wildman–Crippen MR) is 530 cm³/mol. The number of nitrogens with zero attached hydrogens (tertiary/aromatic N) is 7. The number of aromatic hydroxyl groups is 8. The molecule has 25 nitrogen and oxygen atoms in total. The first kappa shape index (κ1) is 114. The number of ether oxygens (including phenoxy) is 2. The molecule has 31 heteroatoms. The van der Waals surface area contributed by atoms with Crippen molar-refractivity contribution in [3.8, 4) is 74.3 Å². The summed E-state index contributed by atoms with van der Waals surface area (Å²) in [5.41, 5.74) is 21.4. The molecule has 12 N–H and O–H groups in total. The molecule has 700 valence electrons. The fourth-order valence-corrected chi connectivity index (χ4v) is 13.9. The zero-order valence-electron chi connectivity index (χ0n) is 77.8. The Balaban J connectivity index is 0.000000497. The molecule has 0 radical (unpaired) electrons. The fraction of sp³-hybridized carbons (Fsp3) is 0.290. The van der Waals surface area contributed by atoms with Gasteiger partial charge in [0.2, 0.25) is 0 Å². The number of hydrogen-bond acceptors (Lipinski definition) is 23. The molecule has 6 aromatic heterocycles. The SMILES string of the molecule is CC#N.CCc1cc(-c2ccccc2C2CC2)cc(C)c1O.CCc1cc(-c2ccccc2C2CC2)cc(C)c1O.CCc1cc(Br)cc(C)c1O.CO.COC(=O)c1ccc(C)c(C)n1.COC(=O)c1ccc(O)c(C)n1.Cc1cc(Br)cc(CO)c1O.Cc1ccc(Cl)nc1C.Cc1nc(Br)cc(C(=O)O)c1O.Cc1nc(C(=O)O)ccc1O.Cc1nc(Cl)ccc1O.[2H]P. The maximum Gasteiger partial charge on any atom is 0.356 e. The number of phenols is 4. The van der Waals surface area contributed by atoms with Crippen molar-refractivity contribution in [2.75, 3.05) is 21.3 Å². The van der Waals surface area contributed by atoms with E-state index < -0.39 is 23.9 Å². The number of rotatable bonds is 12. The van der Waals surface area contributed by atoms with E-state index in [4.69, 9.17) is 65.5 Å². The number of carboxylic acids is 2. The minimum absolute atomic E-state index is 0.00926. The maximum atomic E-state index is 11.0. The predicted octanol–water partition coefficient (Wildman–Crippen LogP) is 23.6. The van der Waals surface area contributed by atoms with Crippen molar-refractivity contribution in [2.24, 2.45) is 0 Å². The van der Waals surface area contributed by atoms with E-state index in [0.717, 1.165) is 103 Å². The number of pyridine rings is 6. The molecule has 0 spiro atoms. The molecule has 6 heterocycles. The van der Waals surface area contributed by atoms with Gasteiger partial charge in [-0.3, -0.25) is 0 Å². The van der Waals surface area contributed by atoms with Crippen LogP contribution >= 0.6 is 80.8 Å². The van der Waals surface area contributed by atoms with E-state index in [1.807, 2.05) is 79.7 Å². The van der Waals surface area contributed by atoms with Crippen LogP contribution < -0.4 is 0 Å². The smallest absolute Gasteiger partial charge is 0.356 e. The third-order valence-corrected chi connectivity index (χ3v) is 21.3. The van der Waals surface area contributed by atoms with Crippen LogP contribution in [0.5, 0.6) is 46.0 Å². The molecule has 2 aliphatic carbocycles. The van der Waals surface area contributed by atoms with Gasteiger partial charge in [0.05, 0.1) is 50.9 Å². The second kappa shape index (κ2) is 58.2. The van der Waals surface area contributed by atoms with Crippen LogP contribution in [-0.4, -0.2) is 138 Å². The topological polar surface area (TPSA) is 431 Å². The van der Waals surface area contributed by atoms with Crippen LogP contribution in [0.1, 0.15) is 208 Å². The highest BCUT2D eigenvalue weighted by Crippen LogP contribution is 2.47. The van der Waals surface area contributed by atoms with Gasteiger partial charge >= 0.3 is 23.9 Å². The number of carbonyl (C=O) groups is 4. The Hall–Kier alpha value is -11.6. The van der Waals surface area contributed by atoms with E-state index in [1.165, 1.54) is 129 Å². The number of phenolic OH excluding ortho intramolecular Hbond substituents is 3. The Morgan fingerprint density at radius 2 is 0.740 bits per heavy atom. The molecule has 0 bridgehead atoms. The summed E-state index contributed by atoms with van der Waals surface area (Å²) in [5.74, 6) is -0.173. The van der Waals surface area contributed by atoms with Gasteiger partial charge in [0, 0.05) is 39.9 Å². The van der Waals surface area contributed by atoms with Crippen LogP contribution in [0.15, 0.2) is 177 Å². The Morgan fingerprint density at radius 3 is 1.08 bits per heavy atom. The number of nitriles is 1. The van der Waals surface area contributed by atoms with Crippen LogP contribution in [0.25, 0.3) is 22.3 Å². The molecule has 2 aliphatic rings. The summed E-state index contributed by atoms with van der Waals surface area (Å²) in [6.45, 7) is 29.3. The molecule has 0 aliphatic heterocycles. The van der Waals surface area contributed by atoms with Gasteiger partial charge in [-0.1, -0.05) is 136 Å². The summed E-state index contributed by atoms with van der Waals surface area (Å²) < 4.78 is 16.9. The maximum absolute atomic E-state index is 11.0. The summed E-state index contributed by atoms with van der Waals surface area (Å²) in [6.07, 6.45) is 7.86. The average molecular weight is 2050 g/mol. The Labute approximate surface area is 806 Å². The van der Waals surface area contributed by atoms with Crippen molar-refractivity contribution in [3.05, 3.63) is 311 Å². The summed E-state index contributed by atoms with van der Waals surface area (Å²) >= 11 is 20.8. The zero-order chi connectivity index (χ0) is 100. The highest BCUT2D eigenvalue weighted by Gasteiger charge is 2.28. The van der Waals surface area contributed by atoms with E-state index in [2.05, 4.69) is 174 Å². The van der Waals surface area contributed by atoms with Crippen LogP contribution in [0.3, 0.4) is 0 Å². The minimum Gasteiger partial charge on any atom is -0.507 e. The number of aryl methyl sites for hydroxylation is 15. The van der Waals surface area contributed by atoms with Gasteiger partial charge in [0.1, 0.15) is 77.8 Å². The normalized spacial score (nSPS) is 10.9. The quantitative estimate of drug-likeness (QED) is 0.0307. The van der Waals surface area contributed by atoms with E-state index in [0.29, 0.717) is 66.2 Å². The van der Waals surface area contributed by atoms with E-state index in [-0.39, 0.29) is 52.3 Å². The molecule has 1 atom stereocenters. The first-order chi connectivity index (χ1) is 62.4. The number of carboxylic acid groups (broad SMARTS) is 2. The zero-order valence-corrected chi connectivity index (χ0v) is 84.2. The Kier molecular flexibility index (Phi) is 50.4. The summed E-state index contributed by atoms with van der Waals surface area (Å²) in [4.78, 5) is 65.9. The third kappa shape index (κ3) is 38.0. The lowest BCUT2D eigenvalue weighted by Gasteiger charge is -2.13. The van der Waals surface area contributed by atoms with Crippen molar-refractivity contribution in [1.29, 1.82) is 6.54 Å². The highest BCUT2D eigenvalue weighted by atomic mass is 79.9. The number of aliphatic hydroxyl groups is 2. The Morgan fingerprint density at radius 1 is 0.420 bits per heavy atom. The number of methoxy groups -OCH3 is 2. The summed E-state index contributed by atoms with van der Waals surface area (Å²) in [7, 11) is 5.30. The number of halogens is 5. The second-order valence-electron chi connectivity index (χ2n) is 29.2.